The van der Waals surface area contributed by atoms with Crippen molar-refractivity contribution in [3.63, 3.8) is 0 Å². The summed E-state index contributed by atoms with van der Waals surface area (Å²) in [6, 6.07) is 9.07. The Bertz CT molecular complexity index is 376. The summed E-state index contributed by atoms with van der Waals surface area (Å²) in [5, 5.41) is 0. The van der Waals surface area contributed by atoms with Crippen LogP contribution in [0.1, 0.15) is 10.4 Å². The molecule has 1 N–H and O–H groups in total. The van der Waals surface area contributed by atoms with Gasteiger partial charge in [-0.15, -0.1) is 6.42 Å². The summed E-state index contributed by atoms with van der Waals surface area (Å²) in [4.78, 5) is 11.7. The van der Waals surface area contributed by atoms with Crippen LogP contribution in [0.3, 0.4) is 0 Å². The topological polar surface area (TPSA) is 29.1 Å². The fourth-order valence-corrected chi connectivity index (χ4v) is 1.20. The molecule has 0 aromatic heterocycles. The van der Waals surface area contributed by atoms with E-state index < -0.39 is 0 Å². The van der Waals surface area contributed by atoms with Gasteiger partial charge in [0.25, 0.3) is 5.91 Å². The quantitative estimate of drug-likeness (QED) is 0.444. The van der Waals surface area contributed by atoms with E-state index >= 15 is 0 Å². The Morgan fingerprint density at radius 2 is 2.00 bits per heavy atom. The molecule has 1 amide bonds. The molecule has 1 aromatic carbocycles. The number of nitrogens with zero attached hydrogens (tertiary/aromatic N) is 1. The number of rotatable bonds is 3. The average Bonchev–Trinajstić information content (AvgIpc) is 2.18. The van der Waals surface area contributed by atoms with Crippen molar-refractivity contribution in [3.05, 3.63) is 35.9 Å². The molecule has 0 aliphatic rings. The van der Waals surface area contributed by atoms with Crippen LogP contribution in [0.25, 0.3) is 0 Å². The second kappa shape index (κ2) is 4.63. The summed E-state index contributed by atoms with van der Waals surface area (Å²) in [6.45, 7) is 0.457. The maximum atomic E-state index is 11.7. The van der Waals surface area contributed by atoms with E-state index in [1.807, 2.05) is 32.3 Å². The number of nitrogens with one attached hydrogen (secondary N) is 1. The van der Waals surface area contributed by atoms with Crippen LogP contribution < -0.4 is 5.43 Å². The van der Waals surface area contributed by atoms with Crippen molar-refractivity contribution in [2.75, 3.05) is 20.6 Å². The van der Waals surface area contributed by atoms with Crippen LogP contribution in [-0.2, 0) is 0 Å². The molecule has 3 heteroatoms. The molecule has 0 radical (unpaired) electrons. The molecule has 1 rings (SSSR count). The van der Waals surface area contributed by atoms with Gasteiger partial charge in [0.1, 0.15) is 0 Å². The molecular formula is C12H15N2O+. The van der Waals surface area contributed by atoms with Crippen LogP contribution in [0.2, 0.25) is 0 Å². The Morgan fingerprint density at radius 3 is 2.53 bits per heavy atom. The van der Waals surface area contributed by atoms with Gasteiger partial charge in [-0.05, 0) is 18.1 Å². The summed E-state index contributed by atoms with van der Waals surface area (Å²) < 4.78 is 0.282. The van der Waals surface area contributed by atoms with Crippen LogP contribution in [0.15, 0.2) is 30.3 Å². The lowest BCUT2D eigenvalue weighted by Crippen LogP contribution is -2.54. The number of hydrogen-bond donors (Lipinski definition) is 1. The van der Waals surface area contributed by atoms with Gasteiger partial charge >= 0.3 is 0 Å². The molecule has 0 heterocycles. The Morgan fingerprint density at radius 1 is 1.40 bits per heavy atom. The van der Waals surface area contributed by atoms with Crippen molar-refractivity contribution < 1.29 is 9.39 Å². The first-order valence-corrected chi connectivity index (χ1v) is 4.69. The zero-order chi connectivity index (χ0) is 11.3. The number of hydrogen-bond acceptors (Lipinski definition) is 1. The van der Waals surface area contributed by atoms with Crippen molar-refractivity contribution in [1.82, 2.24) is 5.43 Å². The van der Waals surface area contributed by atoms with Crippen LogP contribution >= 0.6 is 0 Å². The molecular weight excluding hydrogens is 188 g/mol. The highest BCUT2D eigenvalue weighted by atomic mass is 16.2. The third-order valence-corrected chi connectivity index (χ3v) is 1.93. The predicted octanol–water partition coefficient (Wildman–Crippen LogP) is 1.04. The van der Waals surface area contributed by atoms with Gasteiger partial charge in [0.2, 0.25) is 0 Å². The van der Waals surface area contributed by atoms with E-state index in [1.54, 1.807) is 12.1 Å². The van der Waals surface area contributed by atoms with Crippen LogP contribution in [0.5, 0.6) is 0 Å². The van der Waals surface area contributed by atoms with Crippen LogP contribution in [0, 0.1) is 12.3 Å². The number of quaternary nitrogens is 1. The van der Waals surface area contributed by atoms with E-state index in [4.69, 9.17) is 6.42 Å². The first-order valence-electron chi connectivity index (χ1n) is 4.69. The maximum Gasteiger partial charge on any atom is 0.295 e. The number of amides is 1. The minimum Gasteiger partial charge on any atom is -0.264 e. The summed E-state index contributed by atoms with van der Waals surface area (Å²) >= 11 is 0. The minimum absolute atomic E-state index is 0.115. The summed E-state index contributed by atoms with van der Waals surface area (Å²) in [7, 11) is 3.70. The van der Waals surface area contributed by atoms with Gasteiger partial charge in [0.15, 0.2) is 6.54 Å². The summed E-state index contributed by atoms with van der Waals surface area (Å²) in [6.07, 6.45) is 5.21. The zero-order valence-corrected chi connectivity index (χ0v) is 9.03. The lowest BCUT2D eigenvalue weighted by Gasteiger charge is -2.26. The third-order valence-electron chi connectivity index (χ3n) is 1.93. The molecule has 0 aliphatic carbocycles. The standard InChI is InChI=1S/C12H14N2O/c1-4-10-14(2,3)13-12(15)11-8-6-5-7-9-11/h1,5-9H,10H2,2-3H3/p+1. The molecule has 15 heavy (non-hydrogen) atoms. The van der Waals surface area contributed by atoms with E-state index in [9.17, 15) is 4.79 Å². The van der Waals surface area contributed by atoms with E-state index in [-0.39, 0.29) is 10.5 Å². The van der Waals surface area contributed by atoms with Gasteiger partial charge in [-0.3, -0.25) is 4.79 Å². The fraction of sp³-hybridized carbons (Fsp3) is 0.250. The van der Waals surface area contributed by atoms with Crippen LogP contribution in [0.4, 0.5) is 0 Å². The first kappa shape index (κ1) is 11.3. The van der Waals surface area contributed by atoms with Gasteiger partial charge in [-0.25, -0.2) is 4.59 Å². The highest BCUT2D eigenvalue weighted by Crippen LogP contribution is 2.00. The van der Waals surface area contributed by atoms with E-state index in [0.29, 0.717) is 12.1 Å². The molecule has 0 saturated heterocycles. The largest absolute Gasteiger partial charge is 0.295 e. The smallest absolute Gasteiger partial charge is 0.264 e. The highest BCUT2D eigenvalue weighted by Gasteiger charge is 2.18. The number of benzene rings is 1. The molecule has 0 saturated carbocycles. The fourth-order valence-electron chi connectivity index (χ4n) is 1.20. The van der Waals surface area contributed by atoms with Gasteiger partial charge in [-0.2, -0.15) is 5.43 Å². The van der Waals surface area contributed by atoms with Gasteiger partial charge in [-0.1, -0.05) is 18.2 Å². The van der Waals surface area contributed by atoms with Crippen molar-refractivity contribution in [3.8, 4) is 12.3 Å². The second-order valence-corrected chi connectivity index (χ2v) is 3.85. The van der Waals surface area contributed by atoms with Gasteiger partial charge < -0.3 is 0 Å². The number of carbonyl (C=O) groups is 1. The lowest BCUT2D eigenvalue weighted by molar-refractivity contribution is -0.917. The molecule has 0 fully saturated rings. The summed E-state index contributed by atoms with van der Waals surface area (Å²) in [5.74, 6) is 2.41. The Hall–Kier alpha value is -1.79. The molecule has 78 valence electrons. The monoisotopic (exact) mass is 203 g/mol. The zero-order valence-electron chi connectivity index (χ0n) is 9.03. The Balaban J connectivity index is 2.69. The molecule has 0 aliphatic heterocycles. The third kappa shape index (κ3) is 3.45. The first-order chi connectivity index (χ1) is 7.05. The second-order valence-electron chi connectivity index (χ2n) is 3.85. The van der Waals surface area contributed by atoms with Gasteiger partial charge in [0.05, 0.1) is 14.1 Å². The number of terminal acetylenes is 1. The van der Waals surface area contributed by atoms with E-state index in [2.05, 4.69) is 11.3 Å². The molecule has 3 nitrogen and oxygen atoms in total. The van der Waals surface area contributed by atoms with Crippen molar-refractivity contribution in [1.29, 1.82) is 0 Å². The van der Waals surface area contributed by atoms with Gasteiger partial charge in [0, 0.05) is 5.56 Å². The molecule has 1 aromatic rings. The SMILES string of the molecule is C#CC[N+](C)(C)NC(=O)c1ccccc1. The molecule has 0 atom stereocenters. The van der Waals surface area contributed by atoms with Crippen molar-refractivity contribution in [2.24, 2.45) is 0 Å². The maximum absolute atomic E-state index is 11.7. The minimum atomic E-state index is -0.115. The predicted molar refractivity (Wildman–Crippen MR) is 59.7 cm³/mol. The normalized spacial score (nSPS) is 10.5. The number of carbonyl (C=O) groups excluding carboxylic acids is 1. The molecule has 0 spiro atoms. The van der Waals surface area contributed by atoms with Crippen molar-refractivity contribution >= 4 is 5.91 Å². The Labute approximate surface area is 90.3 Å². The van der Waals surface area contributed by atoms with Crippen molar-refractivity contribution in [2.45, 2.75) is 0 Å². The molecule has 0 unspecified atom stereocenters. The van der Waals surface area contributed by atoms with E-state index in [0.717, 1.165) is 0 Å². The average molecular weight is 203 g/mol. The van der Waals surface area contributed by atoms with Crippen LogP contribution in [-0.4, -0.2) is 31.1 Å². The Kier molecular flexibility index (Phi) is 3.48. The highest BCUT2D eigenvalue weighted by molar-refractivity contribution is 5.93. The lowest BCUT2D eigenvalue weighted by atomic mass is 10.2. The van der Waals surface area contributed by atoms with E-state index in [1.165, 1.54) is 0 Å². The molecule has 0 bridgehead atoms. The summed E-state index contributed by atoms with van der Waals surface area (Å²) in [5.41, 5.74) is 3.47.